The summed E-state index contributed by atoms with van der Waals surface area (Å²) in [7, 11) is 0. The minimum atomic E-state index is -2.71. The summed E-state index contributed by atoms with van der Waals surface area (Å²) >= 11 is 5.97. The van der Waals surface area contributed by atoms with Crippen molar-refractivity contribution in [2.24, 2.45) is 0 Å². The highest BCUT2D eigenvalue weighted by atomic mass is 35.5. The second-order valence-electron chi connectivity index (χ2n) is 4.16. The zero-order valence-corrected chi connectivity index (χ0v) is 11.1. The standard InChI is InChI=1S/C12H8ClF2N5O/c13-6-2-1-3-20-9(5-16-11(6)20)17-12(21)8-4-7(10(14)15)18-19-8/h1-5,10H,(H,17,21)(H,18,19). The van der Waals surface area contributed by atoms with Crippen molar-refractivity contribution < 1.29 is 13.6 Å². The van der Waals surface area contributed by atoms with Crippen molar-refractivity contribution in [2.45, 2.75) is 6.43 Å². The van der Waals surface area contributed by atoms with Gasteiger partial charge in [-0.15, -0.1) is 0 Å². The molecule has 108 valence electrons. The first-order valence-electron chi connectivity index (χ1n) is 5.82. The molecule has 0 unspecified atom stereocenters. The van der Waals surface area contributed by atoms with Gasteiger partial charge in [-0.2, -0.15) is 5.10 Å². The lowest BCUT2D eigenvalue weighted by Gasteiger charge is -2.03. The summed E-state index contributed by atoms with van der Waals surface area (Å²) in [4.78, 5) is 16.0. The fourth-order valence-corrected chi connectivity index (χ4v) is 2.03. The monoisotopic (exact) mass is 311 g/mol. The molecule has 0 radical (unpaired) electrons. The van der Waals surface area contributed by atoms with Crippen LogP contribution in [0.4, 0.5) is 14.6 Å². The van der Waals surface area contributed by atoms with E-state index < -0.39 is 18.0 Å². The summed E-state index contributed by atoms with van der Waals surface area (Å²) in [6.07, 6.45) is 0.368. The van der Waals surface area contributed by atoms with E-state index in [4.69, 9.17) is 11.6 Å². The number of halogens is 3. The van der Waals surface area contributed by atoms with Gasteiger partial charge in [-0.3, -0.25) is 14.3 Å². The van der Waals surface area contributed by atoms with Gasteiger partial charge < -0.3 is 5.32 Å². The number of alkyl halides is 2. The number of H-pyrrole nitrogens is 1. The number of carbonyl (C=O) groups excluding carboxylic acids is 1. The van der Waals surface area contributed by atoms with E-state index in [-0.39, 0.29) is 5.69 Å². The predicted molar refractivity (Wildman–Crippen MR) is 71.7 cm³/mol. The maximum atomic E-state index is 12.4. The third kappa shape index (κ3) is 2.45. The van der Waals surface area contributed by atoms with Crippen LogP contribution in [0, 0.1) is 0 Å². The van der Waals surface area contributed by atoms with Crippen molar-refractivity contribution in [2.75, 3.05) is 5.32 Å². The van der Waals surface area contributed by atoms with Gasteiger partial charge in [0, 0.05) is 6.20 Å². The van der Waals surface area contributed by atoms with E-state index >= 15 is 0 Å². The summed E-state index contributed by atoms with van der Waals surface area (Å²) in [5, 5.41) is 8.62. The first kappa shape index (κ1) is 13.5. The molecule has 0 aliphatic carbocycles. The summed E-state index contributed by atoms with van der Waals surface area (Å²) in [5.41, 5.74) is -0.0756. The van der Waals surface area contributed by atoms with Crippen molar-refractivity contribution in [3.05, 3.63) is 47.0 Å². The zero-order valence-electron chi connectivity index (χ0n) is 10.3. The number of aromatic amines is 1. The highest BCUT2D eigenvalue weighted by Crippen LogP contribution is 2.20. The number of nitrogens with one attached hydrogen (secondary N) is 2. The maximum Gasteiger partial charge on any atom is 0.279 e. The molecule has 6 nitrogen and oxygen atoms in total. The first-order valence-corrected chi connectivity index (χ1v) is 6.20. The van der Waals surface area contributed by atoms with Gasteiger partial charge in [-0.25, -0.2) is 13.8 Å². The fourth-order valence-electron chi connectivity index (χ4n) is 1.81. The molecular weight excluding hydrogens is 304 g/mol. The van der Waals surface area contributed by atoms with Crippen LogP contribution in [0.25, 0.3) is 5.65 Å². The van der Waals surface area contributed by atoms with Crippen LogP contribution < -0.4 is 5.32 Å². The second kappa shape index (κ2) is 5.13. The zero-order chi connectivity index (χ0) is 15.0. The molecule has 3 heterocycles. The maximum absolute atomic E-state index is 12.4. The molecule has 0 bridgehead atoms. The number of fused-ring (bicyclic) bond motifs is 1. The molecule has 21 heavy (non-hydrogen) atoms. The summed E-state index contributed by atoms with van der Waals surface area (Å²) in [6, 6.07) is 4.35. The average molecular weight is 312 g/mol. The summed E-state index contributed by atoms with van der Waals surface area (Å²) < 4.78 is 26.5. The van der Waals surface area contributed by atoms with E-state index in [9.17, 15) is 13.6 Å². The Labute approximate surface area is 121 Å². The van der Waals surface area contributed by atoms with Crippen LogP contribution in [0.15, 0.2) is 30.6 Å². The molecule has 0 aliphatic heterocycles. The molecule has 0 saturated heterocycles. The molecule has 0 aliphatic rings. The minimum Gasteiger partial charge on any atom is -0.305 e. The lowest BCUT2D eigenvalue weighted by molar-refractivity contribution is 0.102. The third-order valence-electron chi connectivity index (χ3n) is 2.80. The smallest absolute Gasteiger partial charge is 0.279 e. The highest BCUT2D eigenvalue weighted by molar-refractivity contribution is 6.33. The Bertz CT molecular complexity index is 813. The molecule has 2 N–H and O–H groups in total. The van der Waals surface area contributed by atoms with Crippen LogP contribution in [0.5, 0.6) is 0 Å². The lowest BCUT2D eigenvalue weighted by atomic mass is 10.3. The van der Waals surface area contributed by atoms with Crippen molar-refractivity contribution in [3.63, 3.8) is 0 Å². The predicted octanol–water partition coefficient (Wildman–Crippen LogP) is 2.90. The number of anilines is 1. The SMILES string of the molecule is O=C(Nc1cnc2c(Cl)cccn12)c1cc(C(F)F)[nH]n1. The number of carbonyl (C=O) groups is 1. The van der Waals surface area contributed by atoms with Crippen molar-refractivity contribution in [3.8, 4) is 0 Å². The molecule has 1 amide bonds. The van der Waals surface area contributed by atoms with E-state index in [1.165, 1.54) is 6.20 Å². The largest absolute Gasteiger partial charge is 0.305 e. The van der Waals surface area contributed by atoms with Gasteiger partial charge >= 0.3 is 0 Å². The van der Waals surface area contributed by atoms with Gasteiger partial charge in [0.25, 0.3) is 12.3 Å². The van der Waals surface area contributed by atoms with Crippen LogP contribution in [0.3, 0.4) is 0 Å². The second-order valence-corrected chi connectivity index (χ2v) is 4.56. The Morgan fingerprint density at radius 1 is 1.48 bits per heavy atom. The van der Waals surface area contributed by atoms with Crippen LogP contribution in [-0.2, 0) is 0 Å². The van der Waals surface area contributed by atoms with Gasteiger partial charge in [-0.05, 0) is 18.2 Å². The first-order chi connectivity index (χ1) is 10.1. The molecule has 9 heteroatoms. The van der Waals surface area contributed by atoms with E-state index in [2.05, 4.69) is 20.5 Å². The molecule has 0 saturated carbocycles. The number of rotatable bonds is 3. The summed E-state index contributed by atoms with van der Waals surface area (Å²) in [5.74, 6) is -0.265. The van der Waals surface area contributed by atoms with Crippen LogP contribution in [-0.4, -0.2) is 25.5 Å². The summed E-state index contributed by atoms with van der Waals surface area (Å²) in [6.45, 7) is 0. The van der Waals surface area contributed by atoms with Crippen molar-refractivity contribution >= 4 is 29.0 Å². The number of amides is 1. The fraction of sp³-hybridized carbons (Fsp3) is 0.0833. The third-order valence-corrected chi connectivity index (χ3v) is 3.09. The molecule has 0 atom stereocenters. The van der Waals surface area contributed by atoms with Gasteiger partial charge in [0.2, 0.25) is 0 Å². The molecule has 3 rings (SSSR count). The van der Waals surface area contributed by atoms with E-state index in [1.807, 2.05) is 0 Å². The number of nitrogens with zero attached hydrogens (tertiary/aromatic N) is 3. The molecule has 0 spiro atoms. The number of hydrogen-bond acceptors (Lipinski definition) is 3. The van der Waals surface area contributed by atoms with Crippen molar-refractivity contribution in [1.82, 2.24) is 19.6 Å². The lowest BCUT2D eigenvalue weighted by Crippen LogP contribution is -2.13. The minimum absolute atomic E-state index is 0.137. The average Bonchev–Trinajstić information content (AvgIpc) is 3.07. The van der Waals surface area contributed by atoms with Gasteiger partial charge in [0.05, 0.1) is 11.2 Å². The van der Waals surface area contributed by atoms with E-state index in [1.54, 1.807) is 22.7 Å². The number of imidazole rings is 1. The Morgan fingerprint density at radius 2 is 2.29 bits per heavy atom. The Hall–Kier alpha value is -2.48. The van der Waals surface area contributed by atoms with E-state index in [0.717, 1.165) is 6.07 Å². The Morgan fingerprint density at radius 3 is 3.00 bits per heavy atom. The Balaban J connectivity index is 1.87. The van der Waals surface area contributed by atoms with Gasteiger partial charge in [0.1, 0.15) is 11.5 Å². The van der Waals surface area contributed by atoms with Crippen LogP contribution in [0.1, 0.15) is 22.6 Å². The molecular formula is C12H8ClF2N5O. The van der Waals surface area contributed by atoms with Gasteiger partial charge in [0.15, 0.2) is 11.3 Å². The Kier molecular flexibility index (Phi) is 3.30. The van der Waals surface area contributed by atoms with Crippen molar-refractivity contribution in [1.29, 1.82) is 0 Å². The number of pyridine rings is 1. The quantitative estimate of drug-likeness (QED) is 0.781. The topological polar surface area (TPSA) is 75.1 Å². The molecule has 3 aromatic heterocycles. The molecule has 0 fully saturated rings. The van der Waals surface area contributed by atoms with Crippen LogP contribution >= 0.6 is 11.6 Å². The normalized spacial score (nSPS) is 11.2. The van der Waals surface area contributed by atoms with Crippen LogP contribution in [0.2, 0.25) is 5.02 Å². The van der Waals surface area contributed by atoms with E-state index in [0.29, 0.717) is 16.5 Å². The van der Waals surface area contributed by atoms with Gasteiger partial charge in [-0.1, -0.05) is 11.6 Å². The molecule has 3 aromatic rings. The number of hydrogen-bond donors (Lipinski definition) is 2. The molecule has 0 aromatic carbocycles. The highest BCUT2D eigenvalue weighted by Gasteiger charge is 2.17. The number of aromatic nitrogens is 4.